The Balaban J connectivity index is 1.42. The van der Waals surface area contributed by atoms with Gasteiger partial charge in [-0.2, -0.15) is 4.98 Å². The highest BCUT2D eigenvalue weighted by Gasteiger charge is 2.25. The highest BCUT2D eigenvalue weighted by Crippen LogP contribution is 2.35. The maximum absolute atomic E-state index is 5.45. The van der Waals surface area contributed by atoms with Crippen LogP contribution in [0.5, 0.6) is 0 Å². The van der Waals surface area contributed by atoms with Gasteiger partial charge in [-0.1, -0.05) is 30.8 Å². The van der Waals surface area contributed by atoms with E-state index in [4.69, 9.17) is 9.84 Å². The van der Waals surface area contributed by atoms with E-state index in [0.717, 1.165) is 55.4 Å². The topological polar surface area (TPSA) is 54.7 Å². The molecule has 3 aromatic rings. The van der Waals surface area contributed by atoms with Gasteiger partial charge in [0.15, 0.2) is 5.65 Å². The van der Waals surface area contributed by atoms with E-state index in [2.05, 4.69) is 52.1 Å². The summed E-state index contributed by atoms with van der Waals surface area (Å²) in [6, 6.07) is 14.8. The van der Waals surface area contributed by atoms with Gasteiger partial charge in [-0.15, -0.1) is 5.10 Å². The minimum Gasteiger partial charge on any atom is -0.379 e. The largest absolute Gasteiger partial charge is 0.379 e. The molecule has 1 saturated carbocycles. The van der Waals surface area contributed by atoms with Crippen molar-refractivity contribution in [2.45, 2.75) is 19.4 Å². The third-order valence-corrected chi connectivity index (χ3v) is 5.43. The molecule has 144 valence electrons. The van der Waals surface area contributed by atoms with Crippen LogP contribution in [0.15, 0.2) is 54.7 Å². The number of nitrogens with one attached hydrogen (secondary N) is 1. The Labute approximate surface area is 164 Å². The van der Waals surface area contributed by atoms with Crippen molar-refractivity contribution < 1.29 is 4.74 Å². The second kappa shape index (κ2) is 7.37. The number of allylic oxidation sites excluding steroid dienone is 1. The predicted octanol–water partition coefficient (Wildman–Crippen LogP) is 3.56. The van der Waals surface area contributed by atoms with Crippen molar-refractivity contribution in [2.24, 2.45) is 5.92 Å². The summed E-state index contributed by atoms with van der Waals surface area (Å²) in [7, 11) is 0. The van der Waals surface area contributed by atoms with Crippen LogP contribution in [0.4, 0.5) is 5.95 Å². The SMILES string of the molecule is C=C(Nc1nc2cccc(-c3cccc(CN4CCOCC4)c3)n2n1)C1CC1. The third kappa shape index (κ3) is 3.66. The van der Waals surface area contributed by atoms with Gasteiger partial charge in [0.1, 0.15) is 0 Å². The maximum atomic E-state index is 5.45. The quantitative estimate of drug-likeness (QED) is 0.714. The summed E-state index contributed by atoms with van der Waals surface area (Å²) in [6.07, 6.45) is 2.42. The lowest BCUT2D eigenvalue weighted by Crippen LogP contribution is -2.35. The Morgan fingerprint density at radius 1 is 1.14 bits per heavy atom. The minimum atomic E-state index is 0.572. The van der Waals surface area contributed by atoms with Crippen LogP contribution in [0.2, 0.25) is 0 Å². The van der Waals surface area contributed by atoms with Crippen molar-refractivity contribution >= 4 is 11.6 Å². The fourth-order valence-electron chi connectivity index (χ4n) is 3.70. The lowest BCUT2D eigenvalue weighted by Gasteiger charge is -2.26. The van der Waals surface area contributed by atoms with Gasteiger partial charge in [0.2, 0.25) is 5.95 Å². The molecule has 1 aliphatic heterocycles. The summed E-state index contributed by atoms with van der Waals surface area (Å²) in [5.41, 5.74) is 5.34. The lowest BCUT2D eigenvalue weighted by atomic mass is 10.1. The molecule has 1 aromatic carbocycles. The van der Waals surface area contributed by atoms with E-state index in [1.807, 2.05) is 16.6 Å². The number of benzene rings is 1. The molecule has 28 heavy (non-hydrogen) atoms. The summed E-state index contributed by atoms with van der Waals surface area (Å²) in [5, 5.41) is 7.97. The minimum absolute atomic E-state index is 0.572. The van der Waals surface area contributed by atoms with Crippen molar-refractivity contribution in [3.63, 3.8) is 0 Å². The normalized spacial score (nSPS) is 17.7. The Kier molecular flexibility index (Phi) is 4.58. The first kappa shape index (κ1) is 17.4. The molecule has 0 radical (unpaired) electrons. The number of nitrogens with zero attached hydrogens (tertiary/aromatic N) is 4. The molecule has 6 heteroatoms. The summed E-state index contributed by atoms with van der Waals surface area (Å²) in [6.45, 7) is 8.68. The summed E-state index contributed by atoms with van der Waals surface area (Å²) in [4.78, 5) is 7.06. The zero-order valence-electron chi connectivity index (χ0n) is 16.0. The fourth-order valence-corrected chi connectivity index (χ4v) is 3.70. The van der Waals surface area contributed by atoms with Crippen molar-refractivity contribution in [3.05, 3.63) is 60.3 Å². The van der Waals surface area contributed by atoms with Crippen molar-refractivity contribution in [2.75, 3.05) is 31.6 Å². The molecular weight excluding hydrogens is 350 g/mol. The first-order valence-electron chi connectivity index (χ1n) is 9.97. The number of morpholine rings is 1. The molecule has 0 atom stereocenters. The van der Waals surface area contributed by atoms with E-state index >= 15 is 0 Å². The highest BCUT2D eigenvalue weighted by molar-refractivity contribution is 5.64. The molecule has 3 heterocycles. The molecule has 5 rings (SSSR count). The number of pyridine rings is 1. The molecule has 6 nitrogen and oxygen atoms in total. The Bertz CT molecular complexity index is 1000. The van der Waals surface area contributed by atoms with Crippen molar-refractivity contribution in [1.82, 2.24) is 19.5 Å². The molecule has 1 aliphatic carbocycles. The number of fused-ring (bicyclic) bond motifs is 1. The monoisotopic (exact) mass is 375 g/mol. The van der Waals surface area contributed by atoms with E-state index in [0.29, 0.717) is 11.9 Å². The number of ether oxygens (including phenoxy) is 1. The van der Waals surface area contributed by atoms with Gasteiger partial charge in [-0.05, 0) is 42.5 Å². The third-order valence-electron chi connectivity index (χ3n) is 5.43. The van der Waals surface area contributed by atoms with E-state index in [-0.39, 0.29) is 0 Å². The number of hydrogen-bond donors (Lipinski definition) is 1. The number of anilines is 1. The molecule has 2 fully saturated rings. The average Bonchev–Trinajstić information content (AvgIpc) is 3.49. The standard InChI is InChI=1S/C22H25N5O/c1-16(18-8-9-18)23-22-24-21-7-3-6-20(27(21)25-22)19-5-2-4-17(14-19)15-26-10-12-28-13-11-26/h2-7,14,18H,1,8-13,15H2,(H,23,25). The maximum Gasteiger partial charge on any atom is 0.247 e. The summed E-state index contributed by atoms with van der Waals surface area (Å²) < 4.78 is 7.37. The molecule has 1 N–H and O–H groups in total. The van der Waals surface area contributed by atoms with Crippen LogP contribution in [0.1, 0.15) is 18.4 Å². The molecule has 2 aromatic heterocycles. The molecule has 0 amide bonds. The van der Waals surface area contributed by atoms with Crippen LogP contribution >= 0.6 is 0 Å². The van der Waals surface area contributed by atoms with Crippen LogP contribution in [-0.4, -0.2) is 45.8 Å². The van der Waals surface area contributed by atoms with Gasteiger partial charge in [0.05, 0.1) is 18.9 Å². The molecule has 0 spiro atoms. The predicted molar refractivity (Wildman–Crippen MR) is 110 cm³/mol. The van der Waals surface area contributed by atoms with Crippen molar-refractivity contribution in [3.8, 4) is 11.3 Å². The second-order valence-corrected chi connectivity index (χ2v) is 7.63. The smallest absolute Gasteiger partial charge is 0.247 e. The molecule has 1 saturated heterocycles. The van der Waals surface area contributed by atoms with Crippen LogP contribution < -0.4 is 5.32 Å². The Morgan fingerprint density at radius 2 is 1.96 bits per heavy atom. The van der Waals surface area contributed by atoms with Gasteiger partial charge in [-0.3, -0.25) is 4.90 Å². The molecule has 2 aliphatic rings. The first-order chi connectivity index (χ1) is 13.8. The van der Waals surface area contributed by atoms with Gasteiger partial charge in [0.25, 0.3) is 0 Å². The lowest BCUT2D eigenvalue weighted by molar-refractivity contribution is 0.0342. The van der Waals surface area contributed by atoms with Crippen molar-refractivity contribution in [1.29, 1.82) is 0 Å². The highest BCUT2D eigenvalue weighted by atomic mass is 16.5. The van der Waals surface area contributed by atoms with E-state index < -0.39 is 0 Å². The van der Waals surface area contributed by atoms with Gasteiger partial charge in [-0.25, -0.2) is 4.52 Å². The van der Waals surface area contributed by atoms with Crippen LogP contribution in [0, 0.1) is 5.92 Å². The summed E-state index contributed by atoms with van der Waals surface area (Å²) in [5.74, 6) is 1.19. The van der Waals surface area contributed by atoms with Gasteiger partial charge < -0.3 is 10.1 Å². The van der Waals surface area contributed by atoms with E-state index in [1.54, 1.807) is 0 Å². The Morgan fingerprint density at radius 3 is 2.79 bits per heavy atom. The van der Waals surface area contributed by atoms with Crippen LogP contribution in [0.25, 0.3) is 16.9 Å². The van der Waals surface area contributed by atoms with Gasteiger partial charge >= 0.3 is 0 Å². The van der Waals surface area contributed by atoms with Crippen LogP contribution in [0.3, 0.4) is 0 Å². The van der Waals surface area contributed by atoms with E-state index in [9.17, 15) is 0 Å². The number of rotatable bonds is 6. The Hall–Kier alpha value is -2.70. The van der Waals surface area contributed by atoms with E-state index in [1.165, 1.54) is 18.4 Å². The zero-order valence-corrected chi connectivity index (χ0v) is 16.0. The van der Waals surface area contributed by atoms with Gasteiger partial charge in [0, 0.05) is 30.9 Å². The average molecular weight is 375 g/mol. The summed E-state index contributed by atoms with van der Waals surface area (Å²) >= 11 is 0. The molecule has 0 bridgehead atoms. The molecule has 0 unspecified atom stereocenters. The molecular formula is C22H25N5O. The number of aromatic nitrogens is 3. The zero-order chi connectivity index (χ0) is 18.9. The first-order valence-corrected chi connectivity index (χ1v) is 9.97. The second-order valence-electron chi connectivity index (χ2n) is 7.63. The fraction of sp³-hybridized carbons (Fsp3) is 0.364. The number of hydrogen-bond acceptors (Lipinski definition) is 5. The van der Waals surface area contributed by atoms with Crippen LogP contribution in [-0.2, 0) is 11.3 Å².